The van der Waals surface area contributed by atoms with Crippen molar-refractivity contribution in [3.8, 4) is 5.75 Å². The van der Waals surface area contributed by atoms with Gasteiger partial charge in [0.1, 0.15) is 5.75 Å². The van der Waals surface area contributed by atoms with Crippen LogP contribution in [0.5, 0.6) is 5.75 Å². The quantitative estimate of drug-likeness (QED) is 0.132. The third-order valence-electron chi connectivity index (χ3n) is 5.12. The van der Waals surface area contributed by atoms with Crippen LogP contribution in [-0.4, -0.2) is 71.4 Å². The van der Waals surface area contributed by atoms with E-state index in [-0.39, 0.29) is 0 Å². The first-order valence-electron chi connectivity index (χ1n) is 9.62. The molecule has 0 amide bonds. The summed E-state index contributed by atoms with van der Waals surface area (Å²) in [6, 6.07) is 3.20. The summed E-state index contributed by atoms with van der Waals surface area (Å²) in [5.41, 5.74) is 0. The van der Waals surface area contributed by atoms with Crippen molar-refractivity contribution in [1.29, 1.82) is 0 Å². The Labute approximate surface area is 219 Å². The van der Waals surface area contributed by atoms with E-state index in [4.69, 9.17) is 0 Å². The summed E-state index contributed by atoms with van der Waals surface area (Å²) in [5.74, 6) is -95.1. The molecule has 0 bridgehead atoms. The minimum Gasteiger partial charge on any atom is -0.422 e. The predicted octanol–water partition coefficient (Wildman–Crippen LogP) is 8.51. The number of carbonyl (C=O) groups excluding carboxylic acids is 1. The number of benzene rings is 1. The summed E-state index contributed by atoms with van der Waals surface area (Å²) in [6.07, 6.45) is -8.13. The van der Waals surface area contributed by atoms with E-state index in [1.54, 1.807) is 0 Å². The highest BCUT2D eigenvalue weighted by Gasteiger charge is 2.99. The van der Waals surface area contributed by atoms with Gasteiger partial charge >= 0.3 is 71.4 Å². The minimum atomic E-state index is -9.50. The molecule has 0 spiro atoms. The molecule has 1 rings (SSSR count). The zero-order chi connectivity index (χ0) is 34.9. The molecule has 0 N–H and O–H groups in total. The van der Waals surface area contributed by atoms with Crippen molar-refractivity contribution >= 4 is 5.97 Å². The van der Waals surface area contributed by atoms with Crippen molar-refractivity contribution < 1.29 is 111 Å². The smallest absolute Gasteiger partial charge is 0.422 e. The highest BCUT2D eigenvalue weighted by molar-refractivity contribution is 5.81. The number of para-hydroxylation sites is 1. The van der Waals surface area contributed by atoms with Crippen LogP contribution in [0.3, 0.4) is 0 Å². The largest absolute Gasteiger partial charge is 0.460 e. The van der Waals surface area contributed by atoms with E-state index < -0.39 is 77.1 Å². The summed E-state index contributed by atoms with van der Waals surface area (Å²) in [7, 11) is 0. The van der Waals surface area contributed by atoms with Gasteiger partial charge in [-0.05, 0) is 12.1 Å². The lowest BCUT2D eigenvalue weighted by Crippen LogP contribution is -2.78. The molecule has 0 fully saturated rings. The average Bonchev–Trinajstić information content (AvgIpc) is 2.82. The van der Waals surface area contributed by atoms with Crippen molar-refractivity contribution in [1.82, 2.24) is 0 Å². The third-order valence-corrected chi connectivity index (χ3v) is 5.12. The van der Waals surface area contributed by atoms with Crippen molar-refractivity contribution in [2.75, 3.05) is 0 Å². The lowest BCUT2D eigenvalue weighted by molar-refractivity contribution is -0.477. The van der Waals surface area contributed by atoms with Crippen molar-refractivity contribution in [2.24, 2.45) is 0 Å². The molecule has 2 nitrogen and oxygen atoms in total. The second kappa shape index (κ2) is 10.1. The van der Waals surface area contributed by atoms with E-state index in [9.17, 15) is 106 Å². The molecule has 0 atom stereocenters. The van der Waals surface area contributed by atoms with Crippen LogP contribution in [0.25, 0.3) is 0 Å². The molecule has 0 saturated carbocycles. The van der Waals surface area contributed by atoms with Crippen LogP contribution >= 0.6 is 0 Å². The number of esters is 1. The molecule has 1 aromatic rings. The van der Waals surface area contributed by atoms with E-state index in [0.29, 0.717) is 12.1 Å². The molecule has 0 aliphatic heterocycles. The SMILES string of the molecule is O=C(Oc1ccccc1)C(F)(F)C(F)(F)C(F)(F)C(F)(F)C(F)(F)C(F)(F)C(F)(F)C(F)(F)C(F)(F)C(F)(F)C(F)(F)F. The maximum Gasteiger partial charge on any atom is 0.460 e. The van der Waals surface area contributed by atoms with Gasteiger partial charge in [-0.1, -0.05) is 18.2 Å². The number of ether oxygens (including phenoxy) is 1. The predicted molar refractivity (Wildman–Crippen MR) is 87.6 cm³/mol. The Hall–Kier alpha value is -2.92. The van der Waals surface area contributed by atoms with Gasteiger partial charge in [0.05, 0.1) is 0 Å². The average molecular weight is 690 g/mol. The van der Waals surface area contributed by atoms with Gasteiger partial charge in [-0.15, -0.1) is 0 Å². The standard InChI is InChI=1S/C18H5F23O2/c19-8(20,7(42)43-6-4-2-1-3-5-6)9(21,22)10(23,24)11(25,26)12(27,28)13(29,30)14(31,32)15(33,34)16(35,36)17(37,38)18(39,40)41/h1-5H. The maximum absolute atomic E-state index is 13.8. The van der Waals surface area contributed by atoms with E-state index >= 15 is 0 Å². The molecule has 0 unspecified atom stereocenters. The first-order valence-corrected chi connectivity index (χ1v) is 9.62. The zero-order valence-corrected chi connectivity index (χ0v) is 18.9. The molecule has 0 aliphatic carbocycles. The molecule has 25 heteroatoms. The Bertz CT molecular complexity index is 1170. The van der Waals surface area contributed by atoms with Gasteiger partial charge in [0.15, 0.2) is 0 Å². The molecular weight excluding hydrogens is 685 g/mol. The van der Waals surface area contributed by atoms with E-state index in [1.165, 1.54) is 0 Å². The number of hydrogen-bond donors (Lipinski definition) is 0. The summed E-state index contributed by atoms with van der Waals surface area (Å²) >= 11 is 0. The summed E-state index contributed by atoms with van der Waals surface area (Å²) in [5, 5.41) is 0. The summed E-state index contributed by atoms with van der Waals surface area (Å²) < 4.78 is 310. The van der Waals surface area contributed by atoms with Crippen LogP contribution in [0.4, 0.5) is 101 Å². The fourth-order valence-corrected chi connectivity index (χ4v) is 2.54. The van der Waals surface area contributed by atoms with Crippen LogP contribution in [0.2, 0.25) is 0 Å². The van der Waals surface area contributed by atoms with Crippen LogP contribution in [0, 0.1) is 0 Å². The molecule has 0 saturated heterocycles. The van der Waals surface area contributed by atoms with Crippen LogP contribution < -0.4 is 4.74 Å². The number of alkyl halides is 23. The van der Waals surface area contributed by atoms with Crippen molar-refractivity contribution in [3.63, 3.8) is 0 Å². The topological polar surface area (TPSA) is 26.3 Å². The zero-order valence-electron chi connectivity index (χ0n) is 18.9. The monoisotopic (exact) mass is 690 g/mol. The maximum atomic E-state index is 13.8. The second-order valence-corrected chi connectivity index (χ2v) is 7.94. The summed E-state index contributed by atoms with van der Waals surface area (Å²) in [6.45, 7) is 0. The Kier molecular flexibility index (Phi) is 8.91. The normalized spacial score (nSPS) is 15.9. The lowest BCUT2D eigenvalue weighted by Gasteiger charge is -2.44. The van der Waals surface area contributed by atoms with Gasteiger partial charge in [0.25, 0.3) is 0 Å². The number of hydrogen-bond acceptors (Lipinski definition) is 2. The van der Waals surface area contributed by atoms with Gasteiger partial charge in [0, 0.05) is 0 Å². The van der Waals surface area contributed by atoms with Gasteiger partial charge in [-0.25, -0.2) is 4.79 Å². The third kappa shape index (κ3) is 4.87. The molecule has 0 aliphatic rings. The minimum absolute atomic E-state index is 0.383. The van der Waals surface area contributed by atoms with E-state index in [1.807, 2.05) is 0 Å². The van der Waals surface area contributed by atoms with Crippen LogP contribution in [0.1, 0.15) is 0 Å². The fourth-order valence-electron chi connectivity index (χ4n) is 2.54. The molecule has 43 heavy (non-hydrogen) atoms. The highest BCUT2D eigenvalue weighted by atomic mass is 19.4. The Balaban J connectivity index is 3.78. The molecular formula is C18H5F23O2. The van der Waals surface area contributed by atoms with Gasteiger partial charge in [0.2, 0.25) is 0 Å². The Morgan fingerprint density at radius 3 is 0.930 bits per heavy atom. The first kappa shape index (κ1) is 38.1. The van der Waals surface area contributed by atoms with Gasteiger partial charge < -0.3 is 4.74 Å². The Morgan fingerprint density at radius 1 is 0.395 bits per heavy atom. The van der Waals surface area contributed by atoms with E-state index in [0.717, 1.165) is 18.2 Å². The lowest BCUT2D eigenvalue weighted by atomic mass is 9.85. The molecule has 0 aromatic heterocycles. The molecule has 1 aromatic carbocycles. The van der Waals surface area contributed by atoms with E-state index in [2.05, 4.69) is 4.74 Å². The first-order chi connectivity index (χ1) is 18.5. The van der Waals surface area contributed by atoms with Crippen LogP contribution in [0.15, 0.2) is 30.3 Å². The van der Waals surface area contributed by atoms with Gasteiger partial charge in [-0.2, -0.15) is 101 Å². The van der Waals surface area contributed by atoms with Gasteiger partial charge in [-0.3, -0.25) is 0 Å². The highest BCUT2D eigenvalue weighted by Crippen LogP contribution is 2.67. The Morgan fingerprint density at radius 2 is 0.651 bits per heavy atom. The van der Waals surface area contributed by atoms with Crippen LogP contribution in [-0.2, 0) is 4.79 Å². The van der Waals surface area contributed by atoms with Crippen molar-refractivity contribution in [3.05, 3.63) is 30.3 Å². The molecule has 0 heterocycles. The molecule has 0 radical (unpaired) electrons. The number of halogens is 23. The fraction of sp³-hybridized carbons (Fsp3) is 0.611. The number of carbonyl (C=O) groups is 1. The summed E-state index contributed by atoms with van der Waals surface area (Å²) in [4.78, 5) is 11.2. The second-order valence-electron chi connectivity index (χ2n) is 7.94. The van der Waals surface area contributed by atoms with Crippen molar-refractivity contribution in [2.45, 2.75) is 65.4 Å². The number of rotatable bonds is 11. The molecule has 250 valence electrons.